The molecule has 0 aromatic heterocycles. The Morgan fingerprint density at radius 3 is 2.61 bits per heavy atom. The van der Waals surface area contributed by atoms with Gasteiger partial charge in [-0.25, -0.2) is 4.99 Å². The molecule has 0 spiro atoms. The van der Waals surface area contributed by atoms with Crippen LogP contribution in [-0.2, 0) is 4.79 Å². The minimum absolute atomic E-state index is 0.0504. The fourth-order valence-electron chi connectivity index (χ4n) is 2.57. The van der Waals surface area contributed by atoms with Crippen molar-refractivity contribution in [1.82, 2.24) is 5.32 Å². The van der Waals surface area contributed by atoms with E-state index in [4.69, 9.17) is 0 Å². The largest absolute Gasteiger partial charge is 0.325 e. The summed E-state index contributed by atoms with van der Waals surface area (Å²) in [6.45, 7) is 3.77. The first-order valence-electron chi connectivity index (χ1n) is 7.23. The fraction of sp³-hybridized carbons (Fsp3) is 0.167. The van der Waals surface area contributed by atoms with Gasteiger partial charge in [-0.1, -0.05) is 27.6 Å². The lowest BCUT2D eigenvalue weighted by Gasteiger charge is -2.28. The topological polar surface area (TPSA) is 58.5 Å². The van der Waals surface area contributed by atoms with E-state index in [0.717, 1.165) is 21.3 Å². The minimum Gasteiger partial charge on any atom is -0.325 e. The van der Waals surface area contributed by atoms with Gasteiger partial charge in [0.25, 0.3) is 11.8 Å². The molecule has 23 heavy (non-hydrogen) atoms. The standard InChI is InChI=1S/C18H15BrN2O2/c1-10-11(2)17(22)21-16-9-14(7-8-15(10)16)20-18(23)12-3-5-13(19)6-4-12/h3-9,15H,1-2H3,(H,21,22). The lowest BCUT2D eigenvalue weighted by atomic mass is 9.85. The molecule has 2 amide bonds. The highest BCUT2D eigenvalue weighted by Crippen LogP contribution is 2.29. The molecule has 2 aliphatic rings. The number of aliphatic imine (C=N–C) groups is 1. The van der Waals surface area contributed by atoms with Crippen LogP contribution >= 0.6 is 15.9 Å². The monoisotopic (exact) mass is 370 g/mol. The summed E-state index contributed by atoms with van der Waals surface area (Å²) in [6.07, 6.45) is 5.54. The van der Waals surface area contributed by atoms with E-state index in [1.807, 2.05) is 26.0 Å². The highest BCUT2D eigenvalue weighted by molar-refractivity contribution is 9.10. The Morgan fingerprint density at radius 1 is 1.22 bits per heavy atom. The molecule has 1 heterocycles. The maximum atomic E-state index is 12.2. The van der Waals surface area contributed by atoms with Gasteiger partial charge in [-0.3, -0.25) is 9.59 Å². The van der Waals surface area contributed by atoms with Gasteiger partial charge in [-0.2, -0.15) is 0 Å². The maximum absolute atomic E-state index is 12.2. The normalized spacial score (nSPS) is 21.9. The molecule has 0 fully saturated rings. The van der Waals surface area contributed by atoms with Gasteiger partial charge in [0.05, 0.1) is 5.71 Å². The van der Waals surface area contributed by atoms with E-state index in [0.29, 0.717) is 11.3 Å². The second-order valence-electron chi connectivity index (χ2n) is 5.55. The summed E-state index contributed by atoms with van der Waals surface area (Å²) in [5, 5.41) is 2.86. The zero-order valence-electron chi connectivity index (χ0n) is 12.8. The van der Waals surface area contributed by atoms with Gasteiger partial charge in [-0.05, 0) is 50.3 Å². The Hall–Kier alpha value is -2.27. The van der Waals surface area contributed by atoms with Crippen LogP contribution < -0.4 is 5.32 Å². The molecule has 3 rings (SSSR count). The molecule has 0 saturated carbocycles. The Bertz CT molecular complexity index is 814. The summed E-state index contributed by atoms with van der Waals surface area (Å²) in [7, 11) is 0. The van der Waals surface area contributed by atoms with Crippen LogP contribution in [0.2, 0.25) is 0 Å². The minimum atomic E-state index is -0.307. The first-order chi connectivity index (χ1) is 11.0. The van der Waals surface area contributed by atoms with Gasteiger partial charge >= 0.3 is 0 Å². The van der Waals surface area contributed by atoms with Crippen molar-refractivity contribution in [3.8, 4) is 0 Å². The van der Waals surface area contributed by atoms with Gasteiger partial charge < -0.3 is 5.32 Å². The summed E-state index contributed by atoms with van der Waals surface area (Å²) in [6, 6.07) is 7.04. The number of halogens is 1. The van der Waals surface area contributed by atoms with E-state index in [2.05, 4.69) is 26.2 Å². The third-order valence-corrected chi connectivity index (χ3v) is 4.60. The SMILES string of the molecule is CC1=C(C)C2C=CC(=NC(=O)c3ccc(Br)cc3)C=C2NC1=O. The summed E-state index contributed by atoms with van der Waals surface area (Å²) >= 11 is 3.33. The molecular formula is C18H15BrN2O2. The molecule has 0 saturated heterocycles. The van der Waals surface area contributed by atoms with Crippen molar-refractivity contribution in [3.63, 3.8) is 0 Å². The van der Waals surface area contributed by atoms with Crippen LogP contribution in [0.3, 0.4) is 0 Å². The Balaban J connectivity index is 1.88. The summed E-state index contributed by atoms with van der Waals surface area (Å²) < 4.78 is 0.909. The van der Waals surface area contributed by atoms with Crippen LogP contribution in [0.4, 0.5) is 0 Å². The molecule has 0 radical (unpaired) electrons. The molecule has 5 heteroatoms. The molecule has 116 valence electrons. The number of hydrogen-bond donors (Lipinski definition) is 1. The predicted octanol–water partition coefficient (Wildman–Crippen LogP) is 3.57. The molecular weight excluding hydrogens is 356 g/mol. The molecule has 1 aromatic carbocycles. The Morgan fingerprint density at radius 2 is 1.91 bits per heavy atom. The number of nitrogens with one attached hydrogen (secondary N) is 1. The van der Waals surface area contributed by atoms with Gasteiger partial charge in [-0.15, -0.1) is 0 Å². The number of rotatable bonds is 1. The number of fused-ring (bicyclic) bond motifs is 1. The van der Waals surface area contributed by atoms with E-state index in [1.54, 1.807) is 30.3 Å². The average Bonchev–Trinajstić information content (AvgIpc) is 2.53. The van der Waals surface area contributed by atoms with Crippen LogP contribution in [0.1, 0.15) is 24.2 Å². The quantitative estimate of drug-likeness (QED) is 0.821. The first kappa shape index (κ1) is 15.6. The maximum Gasteiger partial charge on any atom is 0.277 e. The summed E-state index contributed by atoms with van der Waals surface area (Å²) in [5.41, 5.74) is 3.59. The molecule has 4 nitrogen and oxygen atoms in total. The van der Waals surface area contributed by atoms with Gasteiger partial charge in [0.2, 0.25) is 0 Å². The number of benzene rings is 1. The van der Waals surface area contributed by atoms with E-state index < -0.39 is 0 Å². The number of amides is 2. The lowest BCUT2D eigenvalue weighted by molar-refractivity contribution is -0.117. The molecule has 1 aliphatic carbocycles. The zero-order valence-corrected chi connectivity index (χ0v) is 14.3. The van der Waals surface area contributed by atoms with Gasteiger partial charge in [0, 0.05) is 27.2 Å². The first-order valence-corrected chi connectivity index (χ1v) is 8.02. The van der Waals surface area contributed by atoms with Crippen molar-refractivity contribution < 1.29 is 9.59 Å². The third-order valence-electron chi connectivity index (χ3n) is 4.08. The number of carbonyl (C=O) groups excluding carboxylic acids is 2. The van der Waals surface area contributed by atoms with Crippen LogP contribution in [0.5, 0.6) is 0 Å². The molecule has 0 bridgehead atoms. The second kappa shape index (κ2) is 6.08. The van der Waals surface area contributed by atoms with Crippen LogP contribution in [-0.4, -0.2) is 17.5 Å². The van der Waals surface area contributed by atoms with Gasteiger partial charge in [0.15, 0.2) is 0 Å². The molecule has 1 unspecified atom stereocenters. The fourth-order valence-corrected chi connectivity index (χ4v) is 2.83. The lowest BCUT2D eigenvalue weighted by Crippen LogP contribution is -2.35. The average molecular weight is 371 g/mol. The second-order valence-corrected chi connectivity index (χ2v) is 6.46. The van der Waals surface area contributed by atoms with Crippen molar-refractivity contribution in [2.24, 2.45) is 10.9 Å². The van der Waals surface area contributed by atoms with Crippen molar-refractivity contribution in [2.75, 3.05) is 0 Å². The number of hydrogen-bond acceptors (Lipinski definition) is 2. The van der Waals surface area contributed by atoms with E-state index in [9.17, 15) is 9.59 Å². The summed E-state index contributed by atoms with van der Waals surface area (Å²) in [4.78, 5) is 28.2. The van der Waals surface area contributed by atoms with Crippen molar-refractivity contribution in [3.05, 3.63) is 69.4 Å². The Labute approximate surface area is 142 Å². The number of nitrogens with zero attached hydrogens (tertiary/aromatic N) is 1. The van der Waals surface area contributed by atoms with E-state index in [-0.39, 0.29) is 17.7 Å². The van der Waals surface area contributed by atoms with E-state index >= 15 is 0 Å². The third kappa shape index (κ3) is 3.10. The number of allylic oxidation sites excluding steroid dienone is 3. The molecule has 1 aromatic rings. The van der Waals surface area contributed by atoms with E-state index in [1.165, 1.54) is 0 Å². The Kier molecular flexibility index (Phi) is 4.13. The number of carbonyl (C=O) groups is 2. The smallest absolute Gasteiger partial charge is 0.277 e. The van der Waals surface area contributed by atoms with Crippen LogP contribution in [0, 0.1) is 5.92 Å². The molecule has 1 atom stereocenters. The summed E-state index contributed by atoms with van der Waals surface area (Å²) in [5.74, 6) is -0.355. The van der Waals surface area contributed by atoms with Crippen molar-refractivity contribution in [1.29, 1.82) is 0 Å². The van der Waals surface area contributed by atoms with Crippen LogP contribution in [0.15, 0.2) is 68.8 Å². The predicted molar refractivity (Wildman–Crippen MR) is 93.1 cm³/mol. The van der Waals surface area contributed by atoms with Crippen molar-refractivity contribution >= 4 is 33.5 Å². The van der Waals surface area contributed by atoms with Gasteiger partial charge in [0.1, 0.15) is 0 Å². The van der Waals surface area contributed by atoms with Crippen LogP contribution in [0.25, 0.3) is 0 Å². The zero-order chi connectivity index (χ0) is 16.6. The molecule has 1 aliphatic heterocycles. The highest BCUT2D eigenvalue weighted by atomic mass is 79.9. The highest BCUT2D eigenvalue weighted by Gasteiger charge is 2.27. The molecule has 1 N–H and O–H groups in total. The van der Waals surface area contributed by atoms with Crippen molar-refractivity contribution in [2.45, 2.75) is 13.8 Å².